The van der Waals surface area contributed by atoms with E-state index in [4.69, 9.17) is 27.7 Å². The highest BCUT2D eigenvalue weighted by atomic mass is 35.5. The van der Waals surface area contributed by atoms with Crippen LogP contribution in [0.5, 0.6) is 0 Å². The third kappa shape index (κ3) is 3.67. The second kappa shape index (κ2) is 6.90. The lowest BCUT2D eigenvalue weighted by atomic mass is 10.2. The van der Waals surface area contributed by atoms with E-state index in [-0.39, 0.29) is 5.91 Å². The van der Waals surface area contributed by atoms with E-state index in [1.807, 2.05) is 0 Å². The van der Waals surface area contributed by atoms with Crippen molar-refractivity contribution >= 4 is 46.3 Å². The number of hydrogen-bond donors (Lipinski definition) is 2. The number of nitrogens with one attached hydrogen (secondary N) is 2. The van der Waals surface area contributed by atoms with Crippen LogP contribution in [0, 0.1) is 6.92 Å². The monoisotopic (exact) mass is 362 g/mol. The molecule has 24 heavy (non-hydrogen) atoms. The van der Waals surface area contributed by atoms with Crippen LogP contribution in [0.25, 0.3) is 0 Å². The number of anilines is 3. The molecule has 1 aromatic carbocycles. The summed E-state index contributed by atoms with van der Waals surface area (Å²) in [4.78, 5) is 16.3. The second-order valence-electron chi connectivity index (χ2n) is 4.96. The van der Waals surface area contributed by atoms with Gasteiger partial charge in [0.15, 0.2) is 5.82 Å². The minimum absolute atomic E-state index is 0.338. The number of hydrogen-bond acceptors (Lipinski definition) is 5. The minimum atomic E-state index is -0.357. The number of halogens is 2. The molecule has 3 rings (SSSR count). The maximum atomic E-state index is 12.2. The van der Waals surface area contributed by atoms with Gasteiger partial charge in [-0.1, -0.05) is 34.4 Å². The summed E-state index contributed by atoms with van der Waals surface area (Å²) in [7, 11) is 0. The number of para-hydroxylation sites is 1. The highest BCUT2D eigenvalue weighted by Crippen LogP contribution is 2.32. The van der Waals surface area contributed by atoms with Crippen LogP contribution in [0.3, 0.4) is 0 Å². The summed E-state index contributed by atoms with van der Waals surface area (Å²) >= 11 is 12.3. The largest absolute Gasteiger partial charge is 0.360 e. The van der Waals surface area contributed by atoms with Crippen molar-refractivity contribution in [1.82, 2.24) is 10.1 Å². The van der Waals surface area contributed by atoms with Crippen molar-refractivity contribution in [3.8, 4) is 0 Å². The van der Waals surface area contributed by atoms with Gasteiger partial charge in [0.2, 0.25) is 0 Å². The molecule has 0 aliphatic rings. The Labute approximate surface area is 147 Å². The molecule has 122 valence electrons. The number of nitrogens with zero attached hydrogens (tertiary/aromatic N) is 2. The summed E-state index contributed by atoms with van der Waals surface area (Å²) < 4.78 is 4.91. The van der Waals surface area contributed by atoms with Gasteiger partial charge < -0.3 is 15.2 Å². The smallest absolute Gasteiger partial charge is 0.258 e. The van der Waals surface area contributed by atoms with Crippen LogP contribution < -0.4 is 10.6 Å². The first-order valence-corrected chi connectivity index (χ1v) is 7.69. The lowest BCUT2D eigenvalue weighted by molar-refractivity contribution is 0.102. The zero-order chi connectivity index (χ0) is 17.1. The van der Waals surface area contributed by atoms with Gasteiger partial charge in [-0.25, -0.2) is 0 Å². The Morgan fingerprint density at radius 1 is 1.17 bits per heavy atom. The summed E-state index contributed by atoms with van der Waals surface area (Å²) in [6.07, 6.45) is 3.01. The van der Waals surface area contributed by atoms with Gasteiger partial charge in [0.1, 0.15) is 5.76 Å². The average Bonchev–Trinajstić information content (AvgIpc) is 2.96. The first-order valence-electron chi connectivity index (χ1n) is 6.93. The first kappa shape index (κ1) is 16.3. The Kier molecular flexibility index (Phi) is 4.69. The molecule has 3 aromatic rings. The van der Waals surface area contributed by atoms with Crippen molar-refractivity contribution in [3.63, 3.8) is 0 Å². The molecule has 6 nitrogen and oxygen atoms in total. The fourth-order valence-corrected chi connectivity index (χ4v) is 2.50. The Morgan fingerprint density at radius 2 is 1.92 bits per heavy atom. The minimum Gasteiger partial charge on any atom is -0.360 e. The zero-order valence-electron chi connectivity index (χ0n) is 12.5. The molecule has 0 saturated carbocycles. The molecule has 0 fully saturated rings. The molecule has 0 radical (unpaired) electrons. The molecule has 0 saturated heterocycles. The van der Waals surface area contributed by atoms with E-state index >= 15 is 0 Å². The lowest BCUT2D eigenvalue weighted by Gasteiger charge is -2.10. The van der Waals surface area contributed by atoms with Crippen LogP contribution in [0.4, 0.5) is 17.2 Å². The van der Waals surface area contributed by atoms with Gasteiger partial charge in [-0.05, 0) is 25.1 Å². The molecule has 0 unspecified atom stereocenters. The van der Waals surface area contributed by atoms with Crippen molar-refractivity contribution in [2.24, 2.45) is 0 Å². The predicted octanol–water partition coefficient (Wildman–Crippen LogP) is 4.68. The SMILES string of the molecule is Cc1cc(NC(=O)c2cncc(Nc3c(Cl)cccc3Cl)c2)no1. The number of aryl methyl sites for hydroxylation is 1. The van der Waals surface area contributed by atoms with Crippen LogP contribution in [-0.4, -0.2) is 16.0 Å². The topological polar surface area (TPSA) is 80.0 Å². The third-order valence-electron chi connectivity index (χ3n) is 3.10. The molecule has 0 spiro atoms. The Balaban J connectivity index is 1.80. The third-order valence-corrected chi connectivity index (χ3v) is 3.73. The van der Waals surface area contributed by atoms with Crippen LogP contribution in [-0.2, 0) is 0 Å². The van der Waals surface area contributed by atoms with E-state index < -0.39 is 0 Å². The molecule has 0 atom stereocenters. The van der Waals surface area contributed by atoms with Crippen LogP contribution in [0.2, 0.25) is 10.0 Å². The molecular formula is C16H12Cl2N4O2. The highest BCUT2D eigenvalue weighted by Gasteiger charge is 2.11. The number of carbonyl (C=O) groups is 1. The van der Waals surface area contributed by atoms with Gasteiger partial charge in [-0.15, -0.1) is 0 Å². The number of carbonyl (C=O) groups excluding carboxylic acids is 1. The molecule has 2 N–H and O–H groups in total. The molecule has 0 aliphatic carbocycles. The molecule has 0 bridgehead atoms. The lowest BCUT2D eigenvalue weighted by Crippen LogP contribution is -2.12. The Morgan fingerprint density at radius 3 is 2.58 bits per heavy atom. The Hall–Kier alpha value is -2.57. The molecule has 2 heterocycles. The normalized spacial score (nSPS) is 10.5. The quantitative estimate of drug-likeness (QED) is 0.704. The van der Waals surface area contributed by atoms with E-state index in [2.05, 4.69) is 20.8 Å². The molecule has 1 amide bonds. The van der Waals surface area contributed by atoms with Crippen molar-refractivity contribution in [1.29, 1.82) is 0 Å². The van der Waals surface area contributed by atoms with Crippen molar-refractivity contribution in [3.05, 3.63) is 64.1 Å². The fraction of sp³-hybridized carbons (Fsp3) is 0.0625. The number of pyridine rings is 1. The Bertz CT molecular complexity index is 875. The number of rotatable bonds is 4. The highest BCUT2D eigenvalue weighted by molar-refractivity contribution is 6.39. The van der Waals surface area contributed by atoms with Gasteiger partial charge in [0.05, 0.1) is 33.2 Å². The molecule has 0 aliphatic heterocycles. The van der Waals surface area contributed by atoms with Gasteiger partial charge in [0, 0.05) is 12.3 Å². The van der Waals surface area contributed by atoms with Gasteiger partial charge in [0.25, 0.3) is 5.91 Å². The standard InChI is InChI=1S/C16H12Cl2N4O2/c1-9-5-14(22-24-9)21-16(23)10-6-11(8-19-7-10)20-15-12(17)3-2-4-13(15)18/h2-8,20H,1H3,(H,21,22,23). The van der Waals surface area contributed by atoms with Crippen LogP contribution in [0.15, 0.2) is 47.2 Å². The maximum Gasteiger partial charge on any atom is 0.258 e. The van der Waals surface area contributed by atoms with Crippen molar-refractivity contribution < 1.29 is 9.32 Å². The van der Waals surface area contributed by atoms with E-state index in [9.17, 15) is 4.79 Å². The predicted molar refractivity (Wildman–Crippen MR) is 93.2 cm³/mol. The molecule has 2 aromatic heterocycles. The van der Waals surface area contributed by atoms with E-state index in [0.29, 0.717) is 38.6 Å². The van der Waals surface area contributed by atoms with Gasteiger partial charge in [-0.3, -0.25) is 9.78 Å². The van der Waals surface area contributed by atoms with E-state index in [1.165, 1.54) is 6.20 Å². The van der Waals surface area contributed by atoms with E-state index in [1.54, 1.807) is 43.5 Å². The fourth-order valence-electron chi connectivity index (χ4n) is 2.01. The number of amides is 1. The summed E-state index contributed by atoms with van der Waals surface area (Å²) in [5, 5.41) is 10.3. The van der Waals surface area contributed by atoms with Crippen molar-refractivity contribution in [2.75, 3.05) is 10.6 Å². The molecular weight excluding hydrogens is 351 g/mol. The summed E-state index contributed by atoms with van der Waals surface area (Å²) in [6.45, 7) is 1.74. The summed E-state index contributed by atoms with van der Waals surface area (Å²) in [5.74, 6) is 0.585. The van der Waals surface area contributed by atoms with Gasteiger partial charge >= 0.3 is 0 Å². The zero-order valence-corrected chi connectivity index (χ0v) is 14.0. The number of benzene rings is 1. The maximum absolute atomic E-state index is 12.2. The summed E-state index contributed by atoms with van der Waals surface area (Å²) in [6, 6.07) is 8.43. The van der Waals surface area contributed by atoms with Crippen LogP contribution in [0.1, 0.15) is 16.1 Å². The van der Waals surface area contributed by atoms with Gasteiger partial charge in [-0.2, -0.15) is 0 Å². The molecule has 8 heteroatoms. The van der Waals surface area contributed by atoms with Crippen molar-refractivity contribution in [2.45, 2.75) is 6.92 Å². The number of aromatic nitrogens is 2. The summed E-state index contributed by atoms with van der Waals surface area (Å²) in [5.41, 5.74) is 1.48. The van der Waals surface area contributed by atoms with Crippen LogP contribution >= 0.6 is 23.2 Å². The van der Waals surface area contributed by atoms with E-state index in [0.717, 1.165) is 0 Å². The average molecular weight is 363 g/mol. The second-order valence-corrected chi connectivity index (χ2v) is 5.78. The first-order chi connectivity index (χ1) is 11.5.